The summed E-state index contributed by atoms with van der Waals surface area (Å²) in [5, 5.41) is 32.6. The van der Waals surface area contributed by atoms with Crippen LogP contribution in [0.15, 0.2) is 0 Å². The van der Waals surface area contributed by atoms with E-state index in [1.807, 2.05) is 0 Å². The fourth-order valence-corrected chi connectivity index (χ4v) is 1.20. The summed E-state index contributed by atoms with van der Waals surface area (Å²) >= 11 is 0. The second kappa shape index (κ2) is 9.65. The highest BCUT2D eigenvalue weighted by atomic mass is 16.4. The van der Waals surface area contributed by atoms with Crippen LogP contribution < -0.4 is 21.7 Å². The lowest BCUT2D eigenvalue weighted by atomic mass is 10.2. The van der Waals surface area contributed by atoms with Crippen LogP contribution >= 0.6 is 0 Å². The summed E-state index contributed by atoms with van der Waals surface area (Å²) in [5.41, 5.74) is 5.21. The quantitative estimate of drug-likeness (QED) is 0.221. The van der Waals surface area contributed by atoms with Crippen molar-refractivity contribution >= 4 is 23.7 Å². The normalized spacial score (nSPS) is 14.4. The summed E-state index contributed by atoms with van der Waals surface area (Å²) in [6, 6.07) is -3.74. The second-order valence-electron chi connectivity index (χ2n) is 4.38. The number of carbonyl (C=O) groups is 4. The van der Waals surface area contributed by atoms with Crippen LogP contribution in [-0.2, 0) is 19.2 Å². The Morgan fingerprint density at radius 2 is 1.64 bits per heavy atom. The lowest BCUT2D eigenvalue weighted by molar-refractivity contribution is -0.142. The molecule has 0 bridgehead atoms. The Kier molecular flexibility index (Phi) is 8.67. The zero-order chi connectivity index (χ0) is 17.3. The highest BCUT2D eigenvalue weighted by Gasteiger charge is 2.23. The molecular formula is C11H20N4O7. The maximum Gasteiger partial charge on any atom is 0.325 e. The number of hydrogen-bond acceptors (Lipinski definition) is 7. The zero-order valence-corrected chi connectivity index (χ0v) is 11.9. The van der Waals surface area contributed by atoms with Gasteiger partial charge in [0.05, 0.1) is 19.8 Å². The van der Waals surface area contributed by atoms with Gasteiger partial charge < -0.3 is 37.0 Å². The molecule has 0 aliphatic carbocycles. The van der Waals surface area contributed by atoms with Gasteiger partial charge in [-0.05, 0) is 6.92 Å². The third kappa shape index (κ3) is 6.97. The van der Waals surface area contributed by atoms with Crippen LogP contribution in [0.1, 0.15) is 6.92 Å². The van der Waals surface area contributed by atoms with Gasteiger partial charge in [0, 0.05) is 0 Å². The average Bonchev–Trinajstić information content (AvgIpc) is 2.48. The SMILES string of the molecule is CC(NC(=O)C(CO)NC(=O)CNC(=O)C(N)CO)C(=O)O. The van der Waals surface area contributed by atoms with Gasteiger partial charge in [0.25, 0.3) is 0 Å². The fraction of sp³-hybridized carbons (Fsp3) is 0.636. The molecule has 3 atom stereocenters. The van der Waals surface area contributed by atoms with Crippen LogP contribution in [0.3, 0.4) is 0 Å². The number of carboxylic acids is 1. The van der Waals surface area contributed by atoms with Gasteiger partial charge in [0.15, 0.2) is 0 Å². The minimum absolute atomic E-state index is 0.523. The van der Waals surface area contributed by atoms with Crippen LogP contribution in [0.5, 0.6) is 0 Å². The Balaban J connectivity index is 4.37. The van der Waals surface area contributed by atoms with Crippen molar-refractivity contribution in [1.82, 2.24) is 16.0 Å². The Bertz CT molecular complexity index is 429. The van der Waals surface area contributed by atoms with E-state index in [0.717, 1.165) is 0 Å². The summed E-state index contributed by atoms with van der Waals surface area (Å²) in [7, 11) is 0. The van der Waals surface area contributed by atoms with E-state index >= 15 is 0 Å². The molecule has 0 rings (SSSR count). The molecule has 3 amide bonds. The minimum Gasteiger partial charge on any atom is -0.480 e. The third-order valence-corrected chi connectivity index (χ3v) is 2.52. The van der Waals surface area contributed by atoms with Crippen LogP contribution in [0.4, 0.5) is 0 Å². The number of nitrogens with one attached hydrogen (secondary N) is 3. The molecule has 11 nitrogen and oxygen atoms in total. The van der Waals surface area contributed by atoms with E-state index in [1.54, 1.807) is 0 Å². The summed E-state index contributed by atoms with van der Waals surface area (Å²) in [6.45, 7) is -0.659. The van der Waals surface area contributed by atoms with Crippen LogP contribution in [0.25, 0.3) is 0 Å². The lowest BCUT2D eigenvalue weighted by Crippen LogP contribution is -2.54. The number of amides is 3. The summed E-state index contributed by atoms with van der Waals surface area (Å²) in [4.78, 5) is 45.0. The molecule has 126 valence electrons. The molecule has 11 heteroatoms. The number of rotatable bonds is 9. The van der Waals surface area contributed by atoms with Crippen LogP contribution in [-0.4, -0.2) is 76.9 Å². The molecule has 0 aliphatic rings. The highest BCUT2D eigenvalue weighted by molar-refractivity contribution is 5.92. The van der Waals surface area contributed by atoms with Gasteiger partial charge >= 0.3 is 5.97 Å². The van der Waals surface area contributed by atoms with E-state index in [1.165, 1.54) is 6.92 Å². The lowest BCUT2D eigenvalue weighted by Gasteiger charge is -2.18. The number of carbonyl (C=O) groups excluding carboxylic acids is 3. The van der Waals surface area contributed by atoms with Gasteiger partial charge in [0.2, 0.25) is 17.7 Å². The van der Waals surface area contributed by atoms with Crippen molar-refractivity contribution in [1.29, 1.82) is 0 Å². The molecule has 0 heterocycles. The summed E-state index contributed by atoms with van der Waals surface area (Å²) < 4.78 is 0. The average molecular weight is 320 g/mol. The summed E-state index contributed by atoms with van der Waals surface area (Å²) in [5.74, 6) is -3.72. The number of aliphatic carboxylic acids is 1. The number of carboxylic acid groups (broad SMARTS) is 1. The standard InChI is InChI=1S/C11H20N4O7/c1-5(11(21)22)14-10(20)7(4-17)15-8(18)2-13-9(19)6(12)3-16/h5-7,16-17H,2-4,12H2,1H3,(H,13,19)(H,14,20)(H,15,18)(H,21,22). The molecular weight excluding hydrogens is 300 g/mol. The van der Waals surface area contributed by atoms with Gasteiger partial charge in [0.1, 0.15) is 18.1 Å². The van der Waals surface area contributed by atoms with E-state index < -0.39 is 61.6 Å². The van der Waals surface area contributed by atoms with E-state index in [2.05, 4.69) is 16.0 Å². The predicted octanol–water partition coefficient (Wildman–Crippen LogP) is -4.51. The largest absolute Gasteiger partial charge is 0.480 e. The van der Waals surface area contributed by atoms with Crippen molar-refractivity contribution in [2.24, 2.45) is 5.73 Å². The van der Waals surface area contributed by atoms with E-state index in [0.29, 0.717) is 0 Å². The van der Waals surface area contributed by atoms with Gasteiger partial charge in [-0.3, -0.25) is 19.2 Å². The molecule has 0 aliphatic heterocycles. The highest BCUT2D eigenvalue weighted by Crippen LogP contribution is 1.88. The number of nitrogens with two attached hydrogens (primary N) is 1. The van der Waals surface area contributed by atoms with Crippen LogP contribution in [0, 0.1) is 0 Å². The fourth-order valence-electron chi connectivity index (χ4n) is 1.20. The molecule has 0 aromatic heterocycles. The summed E-state index contributed by atoms with van der Waals surface area (Å²) in [6.07, 6.45) is 0. The first kappa shape index (κ1) is 19.8. The Labute approximate surface area is 125 Å². The van der Waals surface area contributed by atoms with Crippen LogP contribution in [0.2, 0.25) is 0 Å². The molecule has 3 unspecified atom stereocenters. The molecule has 0 saturated heterocycles. The van der Waals surface area contributed by atoms with E-state index in [4.69, 9.17) is 21.1 Å². The van der Waals surface area contributed by atoms with Crippen molar-refractivity contribution in [3.8, 4) is 0 Å². The van der Waals surface area contributed by atoms with Gasteiger partial charge in [-0.1, -0.05) is 0 Å². The third-order valence-electron chi connectivity index (χ3n) is 2.52. The Morgan fingerprint density at radius 1 is 1.05 bits per heavy atom. The molecule has 0 saturated carbocycles. The smallest absolute Gasteiger partial charge is 0.325 e. The topological polar surface area (TPSA) is 191 Å². The predicted molar refractivity (Wildman–Crippen MR) is 72.3 cm³/mol. The number of aliphatic hydroxyl groups excluding tert-OH is 2. The van der Waals surface area contributed by atoms with Crippen molar-refractivity contribution in [2.45, 2.75) is 25.0 Å². The van der Waals surface area contributed by atoms with Gasteiger partial charge in [-0.2, -0.15) is 0 Å². The molecule has 0 aromatic carbocycles. The Hall–Kier alpha value is -2.24. The second-order valence-corrected chi connectivity index (χ2v) is 4.38. The van der Waals surface area contributed by atoms with Crippen molar-refractivity contribution < 1.29 is 34.5 Å². The maximum atomic E-state index is 11.6. The first-order valence-electron chi connectivity index (χ1n) is 6.30. The zero-order valence-electron chi connectivity index (χ0n) is 11.9. The van der Waals surface area contributed by atoms with Gasteiger partial charge in [-0.25, -0.2) is 0 Å². The first-order chi connectivity index (χ1) is 10.2. The maximum absolute atomic E-state index is 11.6. The first-order valence-corrected chi connectivity index (χ1v) is 6.30. The molecule has 0 spiro atoms. The molecule has 8 N–H and O–H groups in total. The Morgan fingerprint density at radius 3 is 2.09 bits per heavy atom. The van der Waals surface area contributed by atoms with Gasteiger partial charge in [-0.15, -0.1) is 0 Å². The van der Waals surface area contributed by atoms with Crippen molar-refractivity contribution in [3.05, 3.63) is 0 Å². The number of aliphatic hydroxyl groups is 2. The molecule has 22 heavy (non-hydrogen) atoms. The molecule has 0 fully saturated rings. The monoisotopic (exact) mass is 320 g/mol. The van der Waals surface area contributed by atoms with E-state index in [9.17, 15) is 19.2 Å². The molecule has 0 aromatic rings. The van der Waals surface area contributed by atoms with Crippen molar-refractivity contribution in [3.63, 3.8) is 0 Å². The number of hydrogen-bond donors (Lipinski definition) is 7. The van der Waals surface area contributed by atoms with Crippen molar-refractivity contribution in [2.75, 3.05) is 19.8 Å². The minimum atomic E-state index is -1.36. The van der Waals surface area contributed by atoms with E-state index in [-0.39, 0.29) is 0 Å². The molecule has 0 radical (unpaired) electrons.